The van der Waals surface area contributed by atoms with E-state index < -0.39 is 18.2 Å². The minimum Gasteiger partial charge on any atom is -0.432 e. The topological polar surface area (TPSA) is 47.7 Å². The number of nitrogens with two attached hydrogens (primary N) is 1. The Labute approximate surface area is 115 Å². The third kappa shape index (κ3) is 3.47. The maximum atomic E-state index is 13.5. The standard InChI is InChI=1S/C13H17F3N2O2/c1-18(7-8-3-2-4-19-8)11-6-12(20-13(15)16)9(14)5-10(11)17/h5-6,8,13H,2-4,7,17H2,1H3. The normalized spacial score (nSPS) is 18.6. The van der Waals surface area contributed by atoms with Crippen LogP contribution in [0.15, 0.2) is 12.1 Å². The quantitative estimate of drug-likeness (QED) is 0.847. The summed E-state index contributed by atoms with van der Waals surface area (Å²) in [5, 5.41) is 0. The molecule has 0 aromatic heterocycles. The second-order valence-corrected chi connectivity index (χ2v) is 4.74. The lowest BCUT2D eigenvalue weighted by molar-refractivity contribution is -0.0521. The molecule has 1 saturated heterocycles. The van der Waals surface area contributed by atoms with Crippen LogP contribution in [0.25, 0.3) is 0 Å². The number of hydrogen-bond donors (Lipinski definition) is 1. The number of ether oxygens (including phenoxy) is 2. The van der Waals surface area contributed by atoms with Gasteiger partial charge < -0.3 is 20.1 Å². The van der Waals surface area contributed by atoms with E-state index in [1.54, 1.807) is 11.9 Å². The van der Waals surface area contributed by atoms with Crippen LogP contribution in [0.1, 0.15) is 12.8 Å². The van der Waals surface area contributed by atoms with E-state index in [9.17, 15) is 13.2 Å². The van der Waals surface area contributed by atoms with Crippen molar-refractivity contribution in [3.63, 3.8) is 0 Å². The summed E-state index contributed by atoms with van der Waals surface area (Å²) >= 11 is 0. The van der Waals surface area contributed by atoms with Gasteiger partial charge in [0.05, 0.1) is 17.5 Å². The molecule has 0 bridgehead atoms. The van der Waals surface area contributed by atoms with E-state index in [1.165, 1.54) is 6.07 Å². The van der Waals surface area contributed by atoms with Gasteiger partial charge in [-0.15, -0.1) is 0 Å². The molecule has 1 aliphatic heterocycles. The summed E-state index contributed by atoms with van der Waals surface area (Å²) in [4.78, 5) is 1.75. The Kier molecular flexibility index (Phi) is 4.59. The molecule has 1 aromatic carbocycles. The zero-order valence-corrected chi connectivity index (χ0v) is 11.1. The summed E-state index contributed by atoms with van der Waals surface area (Å²) in [7, 11) is 1.75. The van der Waals surface area contributed by atoms with Crippen LogP contribution in [0.4, 0.5) is 24.5 Å². The lowest BCUT2D eigenvalue weighted by atomic mass is 10.2. The fraction of sp³-hybridized carbons (Fsp3) is 0.538. The molecule has 1 unspecified atom stereocenters. The van der Waals surface area contributed by atoms with Crippen molar-refractivity contribution in [1.82, 2.24) is 0 Å². The molecule has 1 aromatic rings. The fourth-order valence-electron chi connectivity index (χ4n) is 2.27. The highest BCUT2D eigenvalue weighted by Crippen LogP contribution is 2.32. The van der Waals surface area contributed by atoms with Gasteiger partial charge in [-0.05, 0) is 12.8 Å². The smallest absolute Gasteiger partial charge is 0.387 e. The number of nitrogens with zero attached hydrogens (tertiary/aromatic N) is 1. The molecule has 112 valence electrons. The van der Waals surface area contributed by atoms with Crippen LogP contribution >= 0.6 is 0 Å². The molecule has 1 fully saturated rings. The Hall–Kier alpha value is -1.63. The summed E-state index contributed by atoms with van der Waals surface area (Å²) in [6, 6.07) is 2.17. The Bertz CT molecular complexity index is 465. The zero-order valence-electron chi connectivity index (χ0n) is 11.1. The monoisotopic (exact) mass is 290 g/mol. The van der Waals surface area contributed by atoms with Gasteiger partial charge in [-0.1, -0.05) is 0 Å². The molecule has 20 heavy (non-hydrogen) atoms. The molecule has 0 spiro atoms. The molecular formula is C13H17F3N2O2. The van der Waals surface area contributed by atoms with Gasteiger partial charge in [0.25, 0.3) is 0 Å². The number of rotatable bonds is 5. The third-order valence-electron chi connectivity index (χ3n) is 3.21. The van der Waals surface area contributed by atoms with Crippen LogP contribution in [0.5, 0.6) is 5.75 Å². The summed E-state index contributed by atoms with van der Waals surface area (Å²) in [5.74, 6) is -1.42. The maximum Gasteiger partial charge on any atom is 0.387 e. The Morgan fingerprint density at radius 1 is 1.50 bits per heavy atom. The van der Waals surface area contributed by atoms with Gasteiger partial charge in [-0.25, -0.2) is 4.39 Å². The Morgan fingerprint density at radius 3 is 2.85 bits per heavy atom. The van der Waals surface area contributed by atoms with Crippen molar-refractivity contribution in [1.29, 1.82) is 0 Å². The first-order valence-corrected chi connectivity index (χ1v) is 6.34. The lowest BCUT2D eigenvalue weighted by Crippen LogP contribution is -2.29. The average Bonchev–Trinajstić information content (AvgIpc) is 2.84. The summed E-state index contributed by atoms with van der Waals surface area (Å²) in [6.07, 6.45) is 2.01. The highest BCUT2D eigenvalue weighted by molar-refractivity contribution is 5.69. The van der Waals surface area contributed by atoms with Gasteiger partial charge in [0, 0.05) is 32.3 Å². The van der Waals surface area contributed by atoms with Crippen LogP contribution in [0.2, 0.25) is 0 Å². The van der Waals surface area contributed by atoms with E-state index >= 15 is 0 Å². The molecule has 0 saturated carbocycles. The largest absolute Gasteiger partial charge is 0.432 e. The summed E-state index contributed by atoms with van der Waals surface area (Å²) in [5.41, 5.74) is 6.34. The molecule has 7 heteroatoms. The number of halogens is 3. The van der Waals surface area contributed by atoms with E-state index in [-0.39, 0.29) is 11.8 Å². The minimum atomic E-state index is -3.08. The molecule has 0 aliphatic carbocycles. The number of alkyl halides is 2. The average molecular weight is 290 g/mol. The van der Waals surface area contributed by atoms with E-state index in [0.717, 1.165) is 25.5 Å². The Morgan fingerprint density at radius 2 is 2.25 bits per heavy atom. The summed E-state index contributed by atoms with van der Waals surface area (Å²) < 4.78 is 47.5. The first-order chi connectivity index (χ1) is 9.47. The van der Waals surface area contributed by atoms with Gasteiger partial charge in [0.1, 0.15) is 0 Å². The van der Waals surface area contributed by atoms with E-state index in [4.69, 9.17) is 10.5 Å². The number of benzene rings is 1. The second-order valence-electron chi connectivity index (χ2n) is 4.74. The van der Waals surface area contributed by atoms with Crippen LogP contribution in [0, 0.1) is 5.82 Å². The maximum absolute atomic E-state index is 13.5. The highest BCUT2D eigenvalue weighted by atomic mass is 19.3. The van der Waals surface area contributed by atoms with Crippen LogP contribution in [0.3, 0.4) is 0 Å². The molecular weight excluding hydrogens is 273 g/mol. The van der Waals surface area contributed by atoms with Crippen LogP contribution in [-0.2, 0) is 4.74 Å². The Balaban J connectivity index is 2.16. The first kappa shape index (κ1) is 14.8. The number of nitrogen functional groups attached to an aromatic ring is 1. The van der Waals surface area contributed by atoms with Crippen LogP contribution in [-0.4, -0.2) is 32.9 Å². The number of anilines is 2. The number of likely N-dealkylation sites (N-methyl/N-ethyl adjacent to an activating group) is 1. The van der Waals surface area contributed by atoms with Crippen molar-refractivity contribution >= 4 is 11.4 Å². The van der Waals surface area contributed by atoms with E-state index in [1.807, 2.05) is 0 Å². The van der Waals surface area contributed by atoms with Crippen molar-refractivity contribution in [2.75, 3.05) is 30.8 Å². The molecule has 1 aliphatic rings. The van der Waals surface area contributed by atoms with Gasteiger partial charge in [0.2, 0.25) is 0 Å². The van der Waals surface area contributed by atoms with Gasteiger partial charge >= 0.3 is 6.61 Å². The fourth-order valence-corrected chi connectivity index (χ4v) is 2.27. The van der Waals surface area contributed by atoms with Gasteiger partial charge in [-0.3, -0.25) is 0 Å². The molecule has 0 amide bonds. The van der Waals surface area contributed by atoms with Crippen molar-refractivity contribution in [3.05, 3.63) is 17.9 Å². The predicted octanol–water partition coefficient (Wildman–Crippen LogP) is 2.62. The van der Waals surface area contributed by atoms with Crippen molar-refractivity contribution in [2.45, 2.75) is 25.6 Å². The van der Waals surface area contributed by atoms with Crippen molar-refractivity contribution in [3.8, 4) is 5.75 Å². The second kappa shape index (κ2) is 6.21. The molecule has 4 nitrogen and oxygen atoms in total. The highest BCUT2D eigenvalue weighted by Gasteiger charge is 2.20. The van der Waals surface area contributed by atoms with E-state index in [2.05, 4.69) is 4.74 Å². The molecule has 1 atom stereocenters. The van der Waals surface area contributed by atoms with Crippen molar-refractivity contribution in [2.24, 2.45) is 0 Å². The van der Waals surface area contributed by atoms with Crippen LogP contribution < -0.4 is 15.4 Å². The lowest BCUT2D eigenvalue weighted by Gasteiger charge is -2.24. The summed E-state index contributed by atoms with van der Waals surface area (Å²) in [6.45, 7) is -1.80. The molecule has 2 N–H and O–H groups in total. The minimum absolute atomic E-state index is 0.0731. The predicted molar refractivity (Wildman–Crippen MR) is 69.7 cm³/mol. The molecule has 1 heterocycles. The SMILES string of the molecule is CN(CC1CCCO1)c1cc(OC(F)F)c(F)cc1N. The zero-order chi connectivity index (χ0) is 14.7. The third-order valence-corrected chi connectivity index (χ3v) is 3.21. The van der Waals surface area contributed by atoms with Crippen molar-refractivity contribution < 1.29 is 22.6 Å². The molecule has 2 rings (SSSR count). The number of hydrogen-bond acceptors (Lipinski definition) is 4. The van der Waals surface area contributed by atoms with Gasteiger partial charge in [0.15, 0.2) is 11.6 Å². The van der Waals surface area contributed by atoms with Gasteiger partial charge in [-0.2, -0.15) is 8.78 Å². The first-order valence-electron chi connectivity index (χ1n) is 6.34. The van der Waals surface area contributed by atoms with E-state index in [0.29, 0.717) is 12.2 Å². The molecule has 0 radical (unpaired) electrons.